The molecule has 2 aliphatic rings. The number of hydrogen-bond acceptors (Lipinski definition) is 5. The summed E-state index contributed by atoms with van der Waals surface area (Å²) in [4.78, 5) is 21.8. The van der Waals surface area contributed by atoms with Crippen LogP contribution >= 0.6 is 22.6 Å². The Bertz CT molecular complexity index is 708. The minimum Gasteiger partial charge on any atom is -0.487 e. The van der Waals surface area contributed by atoms with Gasteiger partial charge in [0.05, 0.1) is 19.1 Å². The third-order valence-electron chi connectivity index (χ3n) is 4.17. The number of nitrogens with zero attached hydrogens (tertiary/aromatic N) is 3. The van der Waals surface area contributed by atoms with Gasteiger partial charge in [0.15, 0.2) is 0 Å². The first-order valence-electron chi connectivity index (χ1n) is 8.26. The summed E-state index contributed by atoms with van der Waals surface area (Å²) in [6.45, 7) is 5.69. The number of nitrogens with one attached hydrogen (secondary N) is 1. The summed E-state index contributed by atoms with van der Waals surface area (Å²) in [6, 6.07) is 7.86. The lowest BCUT2D eigenvalue weighted by molar-refractivity contribution is 0.0431. The van der Waals surface area contributed by atoms with Gasteiger partial charge in [-0.3, -0.25) is 4.79 Å². The van der Waals surface area contributed by atoms with E-state index in [1.807, 2.05) is 37.4 Å². The highest BCUT2D eigenvalue weighted by Crippen LogP contribution is 2.24. The van der Waals surface area contributed by atoms with Gasteiger partial charge < -0.3 is 15.0 Å². The maximum atomic E-state index is 11.1. The van der Waals surface area contributed by atoms with E-state index in [0.717, 1.165) is 30.2 Å². The zero-order valence-corrected chi connectivity index (χ0v) is 16.4. The Morgan fingerprint density at radius 1 is 1.36 bits per heavy atom. The molecule has 1 aromatic rings. The Hall–Kier alpha value is -1.90. The van der Waals surface area contributed by atoms with Crippen molar-refractivity contribution in [1.82, 2.24) is 10.2 Å². The fourth-order valence-electron chi connectivity index (χ4n) is 2.76. The van der Waals surface area contributed by atoms with Gasteiger partial charge in [-0.25, -0.2) is 9.98 Å². The molecule has 1 N–H and O–H groups in total. The molecule has 6 nitrogen and oxygen atoms in total. The van der Waals surface area contributed by atoms with Crippen molar-refractivity contribution in [2.75, 3.05) is 13.1 Å². The molecule has 0 saturated carbocycles. The number of likely N-dealkylation sites (tertiary alicyclic amines) is 1. The fraction of sp³-hybridized carbons (Fsp3) is 0.389. The maximum Gasteiger partial charge on any atom is 0.281 e. The molecule has 1 aromatic carbocycles. The van der Waals surface area contributed by atoms with E-state index >= 15 is 0 Å². The van der Waals surface area contributed by atoms with Gasteiger partial charge in [-0.15, -0.1) is 0 Å². The Morgan fingerprint density at radius 3 is 2.76 bits per heavy atom. The van der Waals surface area contributed by atoms with Crippen molar-refractivity contribution in [3.8, 4) is 5.75 Å². The van der Waals surface area contributed by atoms with Crippen LogP contribution in [0.15, 0.2) is 46.1 Å². The number of carbonyl (C=O) groups excluding carboxylic acids is 1. The number of carbonyl (C=O) groups is 1. The van der Waals surface area contributed by atoms with Crippen molar-refractivity contribution >= 4 is 39.1 Å². The largest absolute Gasteiger partial charge is 0.487 e. The first-order valence-corrected chi connectivity index (χ1v) is 9.34. The summed E-state index contributed by atoms with van der Waals surface area (Å²) in [5.41, 5.74) is 1.06. The molecule has 0 bridgehead atoms. The normalized spacial score (nSPS) is 21.2. The average molecular weight is 452 g/mol. The second-order valence-corrected chi connectivity index (χ2v) is 7.26. The minimum absolute atomic E-state index is 0.0121. The van der Waals surface area contributed by atoms with E-state index in [9.17, 15) is 4.79 Å². The highest BCUT2D eigenvalue weighted by molar-refractivity contribution is 14.1. The van der Waals surface area contributed by atoms with Crippen molar-refractivity contribution in [3.05, 3.63) is 41.7 Å². The van der Waals surface area contributed by atoms with Crippen molar-refractivity contribution in [2.24, 2.45) is 15.9 Å². The predicted molar refractivity (Wildman–Crippen MR) is 108 cm³/mol. The van der Waals surface area contributed by atoms with Crippen LogP contribution in [0.3, 0.4) is 0 Å². The third-order valence-corrected chi connectivity index (χ3v) is 4.49. The van der Waals surface area contributed by atoms with Gasteiger partial charge in [-0.1, -0.05) is 19.1 Å². The molecular formula is C18H21IN4O2. The summed E-state index contributed by atoms with van der Waals surface area (Å²) >= 11 is 1.74. The molecule has 2 heterocycles. The van der Waals surface area contributed by atoms with E-state index in [1.165, 1.54) is 0 Å². The summed E-state index contributed by atoms with van der Waals surface area (Å²) in [5, 5.41) is 2.86. The van der Waals surface area contributed by atoms with Crippen molar-refractivity contribution in [1.29, 1.82) is 0 Å². The number of ether oxygens (including phenoxy) is 1. The lowest BCUT2D eigenvalue weighted by atomic mass is 10.1. The Kier molecular flexibility index (Phi) is 5.72. The molecule has 1 saturated heterocycles. The van der Waals surface area contributed by atoms with E-state index in [0.29, 0.717) is 0 Å². The molecule has 3 rings (SSSR count). The molecule has 2 aliphatic heterocycles. The van der Waals surface area contributed by atoms with Gasteiger partial charge in [0.1, 0.15) is 24.0 Å². The highest BCUT2D eigenvalue weighted by atomic mass is 127. The van der Waals surface area contributed by atoms with E-state index in [2.05, 4.69) is 33.2 Å². The first-order chi connectivity index (χ1) is 12.0. The number of allylic oxidation sites excluding steroid dienone is 1. The second kappa shape index (κ2) is 7.99. The topological polar surface area (TPSA) is 66.3 Å². The summed E-state index contributed by atoms with van der Waals surface area (Å²) in [6.07, 6.45) is 5.75. The number of amides is 1. The number of aliphatic imine (C=N–C) groups is 2. The van der Waals surface area contributed by atoms with Gasteiger partial charge in [0, 0.05) is 34.7 Å². The molecule has 7 heteroatoms. The van der Waals surface area contributed by atoms with Crippen molar-refractivity contribution in [2.45, 2.75) is 26.0 Å². The molecule has 1 fully saturated rings. The molecule has 0 spiro atoms. The van der Waals surface area contributed by atoms with Gasteiger partial charge >= 0.3 is 0 Å². The van der Waals surface area contributed by atoms with Gasteiger partial charge in [-0.05, 0) is 30.7 Å². The van der Waals surface area contributed by atoms with Gasteiger partial charge in [0.2, 0.25) is 0 Å². The SMILES string of the molecule is CC1C=NC=NC(N2CC(Oc3ccc(C(C)NC(=O)I)cc3)C2)=C1. The summed E-state index contributed by atoms with van der Waals surface area (Å²) in [7, 11) is 0. The van der Waals surface area contributed by atoms with Crippen LogP contribution in [0.25, 0.3) is 0 Å². The van der Waals surface area contributed by atoms with E-state index in [4.69, 9.17) is 4.74 Å². The summed E-state index contributed by atoms with van der Waals surface area (Å²) < 4.78 is 5.94. The van der Waals surface area contributed by atoms with Gasteiger partial charge in [0.25, 0.3) is 3.91 Å². The van der Waals surface area contributed by atoms with E-state index in [1.54, 1.807) is 28.9 Å². The highest BCUT2D eigenvalue weighted by Gasteiger charge is 2.30. The van der Waals surface area contributed by atoms with Crippen LogP contribution in [0.2, 0.25) is 0 Å². The van der Waals surface area contributed by atoms with Crippen molar-refractivity contribution < 1.29 is 9.53 Å². The standard InChI is InChI=1S/C18H21IN4O2/c1-12-7-17(21-11-20-8-12)23-9-16(10-23)25-15-5-3-14(4-6-15)13(2)22-18(19)24/h3-8,11-13,16H,9-10H2,1-2H3,(H,22,24). The zero-order chi connectivity index (χ0) is 17.8. The van der Waals surface area contributed by atoms with Crippen LogP contribution in [0.4, 0.5) is 4.79 Å². The van der Waals surface area contributed by atoms with Crippen LogP contribution < -0.4 is 10.1 Å². The number of benzene rings is 1. The molecule has 2 unspecified atom stereocenters. The average Bonchev–Trinajstić information content (AvgIpc) is 2.74. The smallest absolute Gasteiger partial charge is 0.281 e. The lowest BCUT2D eigenvalue weighted by Crippen LogP contribution is -2.52. The predicted octanol–water partition coefficient (Wildman–Crippen LogP) is 3.55. The summed E-state index contributed by atoms with van der Waals surface area (Å²) in [5.74, 6) is 2.09. The first kappa shape index (κ1) is 17.9. The molecule has 25 heavy (non-hydrogen) atoms. The third kappa shape index (κ3) is 4.81. The molecule has 0 aliphatic carbocycles. The Balaban J connectivity index is 1.51. The van der Waals surface area contributed by atoms with Crippen LogP contribution in [0.1, 0.15) is 25.5 Å². The fourth-order valence-corrected chi connectivity index (χ4v) is 3.22. The Morgan fingerprint density at radius 2 is 2.08 bits per heavy atom. The Labute approximate surface area is 161 Å². The zero-order valence-electron chi connectivity index (χ0n) is 14.2. The second-order valence-electron chi connectivity index (χ2n) is 6.28. The lowest BCUT2D eigenvalue weighted by Gasteiger charge is -2.40. The monoisotopic (exact) mass is 452 g/mol. The van der Waals surface area contributed by atoms with E-state index in [-0.39, 0.29) is 22.0 Å². The quantitative estimate of drug-likeness (QED) is 0.422. The molecule has 0 radical (unpaired) electrons. The molecule has 0 aromatic heterocycles. The maximum absolute atomic E-state index is 11.1. The van der Waals surface area contributed by atoms with Crippen LogP contribution in [0, 0.1) is 5.92 Å². The van der Waals surface area contributed by atoms with Gasteiger partial charge in [-0.2, -0.15) is 0 Å². The van der Waals surface area contributed by atoms with Crippen LogP contribution in [-0.4, -0.2) is 40.6 Å². The van der Waals surface area contributed by atoms with E-state index < -0.39 is 0 Å². The van der Waals surface area contributed by atoms with Crippen LogP contribution in [-0.2, 0) is 0 Å². The molecule has 2 atom stereocenters. The number of halogens is 1. The van der Waals surface area contributed by atoms with Crippen molar-refractivity contribution in [3.63, 3.8) is 0 Å². The molecule has 1 amide bonds. The number of hydrogen-bond donors (Lipinski definition) is 1. The molecular weight excluding hydrogens is 431 g/mol. The minimum atomic E-state index is -0.0600. The van der Waals surface area contributed by atoms with Crippen LogP contribution in [0.5, 0.6) is 5.75 Å². The molecule has 132 valence electrons. The number of rotatable bonds is 5.